The summed E-state index contributed by atoms with van der Waals surface area (Å²) in [5.41, 5.74) is 11.8. The first-order valence-electron chi connectivity index (χ1n) is 7.03. The number of amides is 1. The average molecular weight is 295 g/mol. The largest absolute Gasteiger partial charge is 0.397 e. The van der Waals surface area contributed by atoms with Crippen molar-refractivity contribution in [3.63, 3.8) is 0 Å². The number of nitrogens with two attached hydrogens (primary N) is 2. The molecule has 5 N–H and O–H groups in total. The number of nitrogen functional groups attached to an aromatic ring is 1. The van der Waals surface area contributed by atoms with Crippen LogP contribution in [0.25, 0.3) is 0 Å². The minimum atomic E-state index is -0.581. The van der Waals surface area contributed by atoms with E-state index in [4.69, 9.17) is 11.5 Å². The van der Waals surface area contributed by atoms with Crippen LogP contribution in [0.15, 0.2) is 0 Å². The maximum Gasteiger partial charge on any atom is 0.253 e. The number of Topliss-reactive ketones (excluding diaryl/α,β-unsaturated/α-hetero) is 1. The summed E-state index contributed by atoms with van der Waals surface area (Å²) in [5, 5.41) is 3.90. The molecule has 1 amide bonds. The van der Waals surface area contributed by atoms with Gasteiger partial charge < -0.3 is 16.8 Å². The van der Waals surface area contributed by atoms with E-state index in [1.807, 2.05) is 0 Å². The van der Waals surface area contributed by atoms with Crippen LogP contribution in [0, 0.1) is 5.92 Å². The molecule has 0 saturated heterocycles. The molecule has 1 aliphatic rings. The molecular formula is C14H21N3O2S. The lowest BCUT2D eigenvalue weighted by Gasteiger charge is -2.11. The Kier molecular flexibility index (Phi) is 4.65. The third-order valence-corrected chi connectivity index (χ3v) is 5.00. The summed E-state index contributed by atoms with van der Waals surface area (Å²) in [6.45, 7) is 2.58. The van der Waals surface area contributed by atoms with Gasteiger partial charge in [0.15, 0.2) is 5.78 Å². The summed E-state index contributed by atoms with van der Waals surface area (Å²) in [6, 6.07) is 0. The molecule has 1 aromatic rings. The van der Waals surface area contributed by atoms with Crippen LogP contribution in [0.3, 0.4) is 0 Å². The normalized spacial score (nSPS) is 15.4. The summed E-state index contributed by atoms with van der Waals surface area (Å²) in [6.07, 6.45) is 5.31. The highest BCUT2D eigenvalue weighted by Gasteiger charge is 2.24. The van der Waals surface area contributed by atoms with Gasteiger partial charge in [-0.05, 0) is 18.8 Å². The van der Waals surface area contributed by atoms with Crippen molar-refractivity contribution in [2.75, 3.05) is 17.6 Å². The summed E-state index contributed by atoms with van der Waals surface area (Å²) in [4.78, 5) is 23.8. The van der Waals surface area contributed by atoms with Crippen LogP contribution in [-0.4, -0.2) is 18.2 Å². The molecule has 5 nitrogen and oxygen atoms in total. The predicted octanol–water partition coefficient (Wildman–Crippen LogP) is 2.62. The molecule has 0 radical (unpaired) electrons. The predicted molar refractivity (Wildman–Crippen MR) is 82.3 cm³/mol. The number of carbonyl (C=O) groups is 2. The molecule has 6 heteroatoms. The molecule has 2 rings (SSSR count). The van der Waals surface area contributed by atoms with E-state index < -0.39 is 5.91 Å². The average Bonchev–Trinajstić information content (AvgIpc) is 3.02. The number of ketones is 1. The van der Waals surface area contributed by atoms with E-state index in [-0.39, 0.29) is 17.0 Å². The Hall–Kier alpha value is -1.56. The fraction of sp³-hybridized carbons (Fsp3) is 0.571. The van der Waals surface area contributed by atoms with Crippen LogP contribution in [0.2, 0.25) is 0 Å². The van der Waals surface area contributed by atoms with Crippen LogP contribution in [0.5, 0.6) is 0 Å². The first-order valence-corrected chi connectivity index (χ1v) is 7.85. The van der Waals surface area contributed by atoms with Gasteiger partial charge in [-0.3, -0.25) is 9.59 Å². The van der Waals surface area contributed by atoms with Gasteiger partial charge in [0.1, 0.15) is 5.00 Å². The second-order valence-electron chi connectivity index (χ2n) is 5.22. The molecule has 0 unspecified atom stereocenters. The molecule has 1 fully saturated rings. The first-order chi connectivity index (χ1) is 9.54. The zero-order chi connectivity index (χ0) is 14.7. The van der Waals surface area contributed by atoms with Gasteiger partial charge in [-0.1, -0.05) is 19.8 Å². The van der Waals surface area contributed by atoms with Crippen molar-refractivity contribution in [3.05, 3.63) is 10.4 Å². The summed E-state index contributed by atoms with van der Waals surface area (Å²) in [7, 11) is 0. The topological polar surface area (TPSA) is 98.2 Å². The maximum atomic E-state index is 11.8. The summed E-state index contributed by atoms with van der Waals surface area (Å²) < 4.78 is 0. The Morgan fingerprint density at radius 2 is 2.00 bits per heavy atom. The van der Waals surface area contributed by atoms with Gasteiger partial charge in [0, 0.05) is 13.0 Å². The zero-order valence-electron chi connectivity index (χ0n) is 11.7. The van der Waals surface area contributed by atoms with E-state index in [2.05, 4.69) is 5.32 Å². The van der Waals surface area contributed by atoms with Crippen molar-refractivity contribution in [1.29, 1.82) is 0 Å². The maximum absolute atomic E-state index is 11.8. The molecule has 0 spiro atoms. The monoisotopic (exact) mass is 295 g/mol. The molecule has 0 aromatic carbocycles. The van der Waals surface area contributed by atoms with Gasteiger partial charge in [0.25, 0.3) is 5.91 Å². The van der Waals surface area contributed by atoms with Gasteiger partial charge in [-0.15, -0.1) is 11.3 Å². The fourth-order valence-corrected chi connectivity index (χ4v) is 3.77. The molecule has 0 atom stereocenters. The lowest BCUT2D eigenvalue weighted by molar-refractivity contribution is 0.0991. The van der Waals surface area contributed by atoms with E-state index in [1.165, 1.54) is 37.0 Å². The third kappa shape index (κ3) is 2.95. The number of anilines is 2. The number of thiophene rings is 1. The quantitative estimate of drug-likeness (QED) is 0.702. The fourth-order valence-electron chi connectivity index (χ4n) is 2.63. The number of rotatable bonds is 6. The first kappa shape index (κ1) is 14.8. The Morgan fingerprint density at radius 1 is 1.35 bits per heavy atom. The zero-order valence-corrected chi connectivity index (χ0v) is 12.5. The smallest absolute Gasteiger partial charge is 0.253 e. The summed E-state index contributed by atoms with van der Waals surface area (Å²) >= 11 is 1.24. The third-order valence-electron chi connectivity index (χ3n) is 3.79. The second-order valence-corrected chi connectivity index (χ2v) is 6.24. The van der Waals surface area contributed by atoms with Gasteiger partial charge >= 0.3 is 0 Å². The van der Waals surface area contributed by atoms with Crippen molar-refractivity contribution in [3.8, 4) is 0 Å². The van der Waals surface area contributed by atoms with Crippen LogP contribution in [0.4, 0.5) is 10.7 Å². The molecule has 110 valence electrons. The van der Waals surface area contributed by atoms with Crippen LogP contribution in [-0.2, 0) is 0 Å². The second kappa shape index (κ2) is 6.26. The minimum absolute atomic E-state index is 0.0519. The Labute approximate surface area is 122 Å². The van der Waals surface area contributed by atoms with E-state index in [1.54, 1.807) is 6.92 Å². The Morgan fingerprint density at radius 3 is 2.55 bits per heavy atom. The van der Waals surface area contributed by atoms with Gasteiger partial charge in [-0.2, -0.15) is 0 Å². The van der Waals surface area contributed by atoms with Crippen molar-refractivity contribution in [2.45, 2.75) is 39.0 Å². The number of nitrogens with one attached hydrogen (secondary N) is 1. The van der Waals surface area contributed by atoms with Crippen LogP contribution in [0.1, 0.15) is 59.1 Å². The molecule has 20 heavy (non-hydrogen) atoms. The molecule has 0 aliphatic heterocycles. The Balaban J connectivity index is 2.21. The van der Waals surface area contributed by atoms with Gasteiger partial charge in [-0.25, -0.2) is 0 Å². The highest BCUT2D eigenvalue weighted by Crippen LogP contribution is 2.37. The SMILES string of the molecule is CCC(=O)c1sc(NCC2CCCC2)c(C(N)=O)c1N. The molecule has 0 bridgehead atoms. The summed E-state index contributed by atoms with van der Waals surface area (Å²) in [5.74, 6) is -0.00359. The number of hydrogen-bond donors (Lipinski definition) is 3. The number of hydrogen-bond acceptors (Lipinski definition) is 5. The van der Waals surface area contributed by atoms with Gasteiger partial charge in [0.2, 0.25) is 0 Å². The number of carbonyl (C=O) groups excluding carboxylic acids is 2. The molecule has 1 heterocycles. The molecule has 1 saturated carbocycles. The van der Waals surface area contributed by atoms with Crippen molar-refractivity contribution < 1.29 is 9.59 Å². The Bertz CT molecular complexity index is 519. The highest BCUT2D eigenvalue weighted by molar-refractivity contribution is 7.19. The molecule has 1 aliphatic carbocycles. The van der Waals surface area contributed by atoms with Crippen molar-refractivity contribution >= 4 is 33.7 Å². The van der Waals surface area contributed by atoms with E-state index in [0.717, 1.165) is 6.54 Å². The van der Waals surface area contributed by atoms with Crippen molar-refractivity contribution in [2.24, 2.45) is 11.7 Å². The van der Waals surface area contributed by atoms with Crippen LogP contribution < -0.4 is 16.8 Å². The lowest BCUT2D eigenvalue weighted by Crippen LogP contribution is -2.17. The highest BCUT2D eigenvalue weighted by atomic mass is 32.1. The van der Waals surface area contributed by atoms with Crippen molar-refractivity contribution in [1.82, 2.24) is 0 Å². The van der Waals surface area contributed by atoms with Gasteiger partial charge in [0.05, 0.1) is 16.1 Å². The standard InChI is InChI=1S/C14H21N3O2S/c1-2-9(18)12-11(15)10(13(16)19)14(20-12)17-7-8-5-3-4-6-8/h8,17H,2-7,15H2,1H3,(H2,16,19). The molecular weight excluding hydrogens is 274 g/mol. The van der Waals surface area contributed by atoms with Crippen LogP contribution >= 0.6 is 11.3 Å². The lowest BCUT2D eigenvalue weighted by atomic mass is 10.1. The minimum Gasteiger partial charge on any atom is -0.397 e. The van der Waals surface area contributed by atoms with E-state index in [9.17, 15) is 9.59 Å². The molecule has 1 aromatic heterocycles. The van der Waals surface area contributed by atoms with E-state index in [0.29, 0.717) is 22.2 Å². The van der Waals surface area contributed by atoms with E-state index >= 15 is 0 Å². The number of primary amides is 1.